The molecule has 18 heavy (non-hydrogen) atoms. The molecule has 0 saturated carbocycles. The first-order valence-electron chi connectivity index (χ1n) is 5.91. The van der Waals surface area contributed by atoms with E-state index < -0.39 is 0 Å². The third-order valence-corrected chi connectivity index (χ3v) is 3.77. The lowest BCUT2D eigenvalue weighted by Gasteiger charge is -2.15. The van der Waals surface area contributed by atoms with Gasteiger partial charge >= 0.3 is 0 Å². The van der Waals surface area contributed by atoms with Crippen LogP contribution in [0.2, 0.25) is 10.0 Å². The fourth-order valence-electron chi connectivity index (χ4n) is 2.21. The second-order valence-electron chi connectivity index (χ2n) is 4.62. The van der Waals surface area contributed by atoms with Crippen LogP contribution in [0.3, 0.4) is 0 Å². The topological polar surface area (TPSA) is 40.5 Å². The highest BCUT2D eigenvalue weighted by atomic mass is 35.5. The minimum Gasteiger partial charge on any atom is -0.396 e. The van der Waals surface area contributed by atoms with E-state index in [-0.39, 0.29) is 12.4 Å². The molecule has 5 heteroatoms. The van der Waals surface area contributed by atoms with Gasteiger partial charge in [0.15, 0.2) is 5.78 Å². The van der Waals surface area contributed by atoms with Crippen molar-refractivity contribution in [3.05, 3.63) is 33.8 Å². The molecular formula is C13H15Cl2NO2. The van der Waals surface area contributed by atoms with Crippen LogP contribution in [-0.2, 0) is 0 Å². The van der Waals surface area contributed by atoms with E-state index in [0.29, 0.717) is 28.1 Å². The first-order valence-corrected chi connectivity index (χ1v) is 6.67. The Morgan fingerprint density at radius 3 is 2.83 bits per heavy atom. The number of aliphatic hydroxyl groups excluding tert-OH is 1. The summed E-state index contributed by atoms with van der Waals surface area (Å²) in [6.45, 7) is 2.15. The van der Waals surface area contributed by atoms with E-state index in [1.807, 2.05) is 4.90 Å². The third-order valence-electron chi connectivity index (χ3n) is 3.23. The van der Waals surface area contributed by atoms with Crippen molar-refractivity contribution in [3.8, 4) is 0 Å². The van der Waals surface area contributed by atoms with Crippen LogP contribution < -0.4 is 0 Å². The molecule has 1 aromatic carbocycles. The molecule has 1 aliphatic heterocycles. The van der Waals surface area contributed by atoms with E-state index in [4.69, 9.17) is 28.3 Å². The second kappa shape index (κ2) is 6.02. The van der Waals surface area contributed by atoms with E-state index in [2.05, 4.69) is 0 Å². The van der Waals surface area contributed by atoms with Crippen molar-refractivity contribution >= 4 is 29.0 Å². The predicted molar refractivity (Wildman–Crippen MR) is 72.4 cm³/mol. The van der Waals surface area contributed by atoms with Gasteiger partial charge in [0.05, 0.1) is 11.6 Å². The van der Waals surface area contributed by atoms with Gasteiger partial charge in [0.1, 0.15) is 0 Å². The van der Waals surface area contributed by atoms with Crippen LogP contribution in [-0.4, -0.2) is 42.0 Å². The van der Waals surface area contributed by atoms with Gasteiger partial charge in [0, 0.05) is 23.7 Å². The summed E-state index contributed by atoms with van der Waals surface area (Å²) in [4.78, 5) is 14.1. The van der Waals surface area contributed by atoms with Crippen molar-refractivity contribution in [2.45, 2.75) is 6.42 Å². The van der Waals surface area contributed by atoms with E-state index in [0.717, 1.165) is 19.5 Å². The maximum absolute atomic E-state index is 12.1. The molecule has 0 amide bonds. The number of nitrogens with zero attached hydrogens (tertiary/aromatic N) is 1. The number of hydrogen-bond acceptors (Lipinski definition) is 3. The maximum atomic E-state index is 12.1. The molecule has 0 spiro atoms. The normalized spacial score (nSPS) is 20.3. The lowest BCUT2D eigenvalue weighted by molar-refractivity contribution is 0.0940. The van der Waals surface area contributed by atoms with Crippen molar-refractivity contribution in [2.75, 3.05) is 26.2 Å². The Morgan fingerprint density at radius 1 is 1.44 bits per heavy atom. The van der Waals surface area contributed by atoms with Gasteiger partial charge in [-0.1, -0.05) is 23.2 Å². The number of hydrogen-bond donors (Lipinski definition) is 1. The first kappa shape index (κ1) is 13.8. The minimum atomic E-state index is -0.00439. The molecule has 98 valence electrons. The summed E-state index contributed by atoms with van der Waals surface area (Å²) in [7, 11) is 0. The summed E-state index contributed by atoms with van der Waals surface area (Å²) in [6, 6.07) is 4.91. The number of carbonyl (C=O) groups excluding carboxylic acids is 1. The van der Waals surface area contributed by atoms with Crippen LogP contribution in [0.5, 0.6) is 0 Å². The predicted octanol–water partition coefficient (Wildman–Crippen LogP) is 2.49. The van der Waals surface area contributed by atoms with Gasteiger partial charge in [-0.2, -0.15) is 0 Å². The molecule has 0 radical (unpaired) electrons. The van der Waals surface area contributed by atoms with Gasteiger partial charge in [-0.05, 0) is 37.1 Å². The van der Waals surface area contributed by atoms with E-state index in [1.54, 1.807) is 18.2 Å². The van der Waals surface area contributed by atoms with Crippen molar-refractivity contribution in [2.24, 2.45) is 5.92 Å². The van der Waals surface area contributed by atoms with Gasteiger partial charge in [-0.15, -0.1) is 0 Å². The molecule has 3 nitrogen and oxygen atoms in total. The summed E-state index contributed by atoms with van der Waals surface area (Å²) in [5.41, 5.74) is 0.508. The quantitative estimate of drug-likeness (QED) is 0.865. The highest BCUT2D eigenvalue weighted by Gasteiger charge is 2.24. The van der Waals surface area contributed by atoms with Crippen LogP contribution in [0.4, 0.5) is 0 Å². The Bertz CT molecular complexity index is 451. The van der Waals surface area contributed by atoms with E-state index in [1.165, 1.54) is 0 Å². The van der Waals surface area contributed by atoms with Crippen LogP contribution in [0, 0.1) is 5.92 Å². The van der Waals surface area contributed by atoms with E-state index >= 15 is 0 Å². The summed E-state index contributed by atoms with van der Waals surface area (Å²) < 4.78 is 0. The Balaban J connectivity index is 2.00. The fraction of sp³-hybridized carbons (Fsp3) is 0.462. The Morgan fingerprint density at radius 2 is 2.22 bits per heavy atom. The molecule has 1 fully saturated rings. The van der Waals surface area contributed by atoms with Crippen LogP contribution in [0.1, 0.15) is 16.8 Å². The van der Waals surface area contributed by atoms with Crippen molar-refractivity contribution in [1.29, 1.82) is 0 Å². The molecule has 0 aromatic heterocycles. The molecule has 0 aliphatic carbocycles. The Hall–Kier alpha value is -0.610. The lowest BCUT2D eigenvalue weighted by atomic mass is 10.1. The molecule has 1 aliphatic rings. The monoisotopic (exact) mass is 287 g/mol. The standard InChI is InChI=1S/C13H15Cl2NO2/c14-10-1-2-11(12(15)5-10)13(18)7-16-4-3-9(6-16)8-17/h1-2,5,9,17H,3-4,6-8H2. The molecular weight excluding hydrogens is 273 g/mol. The van der Waals surface area contributed by atoms with Gasteiger partial charge in [-0.3, -0.25) is 9.69 Å². The van der Waals surface area contributed by atoms with Crippen molar-refractivity contribution in [3.63, 3.8) is 0 Å². The van der Waals surface area contributed by atoms with Crippen LogP contribution in [0.25, 0.3) is 0 Å². The minimum absolute atomic E-state index is 0.00439. The molecule has 1 N–H and O–H groups in total. The smallest absolute Gasteiger partial charge is 0.178 e. The van der Waals surface area contributed by atoms with E-state index in [9.17, 15) is 4.79 Å². The molecule has 1 heterocycles. The lowest BCUT2D eigenvalue weighted by Crippen LogP contribution is -2.28. The molecule has 1 atom stereocenters. The SMILES string of the molecule is O=C(CN1CCC(CO)C1)c1ccc(Cl)cc1Cl. The highest BCUT2D eigenvalue weighted by Crippen LogP contribution is 2.22. The molecule has 1 unspecified atom stereocenters. The number of aliphatic hydroxyl groups is 1. The number of carbonyl (C=O) groups is 1. The first-order chi connectivity index (χ1) is 8.60. The van der Waals surface area contributed by atoms with Crippen molar-refractivity contribution < 1.29 is 9.90 Å². The second-order valence-corrected chi connectivity index (χ2v) is 5.46. The molecule has 2 rings (SSSR count). The number of rotatable bonds is 4. The average Bonchev–Trinajstić information content (AvgIpc) is 2.76. The van der Waals surface area contributed by atoms with Gasteiger partial charge < -0.3 is 5.11 Å². The summed E-state index contributed by atoms with van der Waals surface area (Å²) in [5.74, 6) is 0.286. The van der Waals surface area contributed by atoms with Gasteiger partial charge in [-0.25, -0.2) is 0 Å². The third kappa shape index (κ3) is 3.23. The molecule has 0 bridgehead atoms. The number of ketones is 1. The summed E-state index contributed by atoms with van der Waals surface area (Å²) >= 11 is 11.8. The van der Waals surface area contributed by atoms with Crippen LogP contribution >= 0.6 is 23.2 Å². The maximum Gasteiger partial charge on any atom is 0.178 e. The average molecular weight is 288 g/mol. The summed E-state index contributed by atoms with van der Waals surface area (Å²) in [6.07, 6.45) is 0.943. The zero-order valence-corrected chi connectivity index (χ0v) is 11.4. The largest absolute Gasteiger partial charge is 0.396 e. The number of Topliss-reactive ketones (excluding diaryl/α,β-unsaturated/α-hetero) is 1. The highest BCUT2D eigenvalue weighted by molar-refractivity contribution is 6.36. The van der Waals surface area contributed by atoms with Crippen molar-refractivity contribution in [1.82, 2.24) is 4.90 Å². The zero-order valence-electron chi connectivity index (χ0n) is 9.90. The van der Waals surface area contributed by atoms with Gasteiger partial charge in [0.2, 0.25) is 0 Å². The fourth-order valence-corrected chi connectivity index (χ4v) is 2.72. The number of halogens is 2. The van der Waals surface area contributed by atoms with Gasteiger partial charge in [0.25, 0.3) is 0 Å². The summed E-state index contributed by atoms with van der Waals surface area (Å²) in [5, 5.41) is 9.98. The van der Waals surface area contributed by atoms with Crippen LogP contribution in [0.15, 0.2) is 18.2 Å². The Kier molecular flexibility index (Phi) is 4.62. The Labute approximate surface area is 116 Å². The molecule has 1 saturated heterocycles. The number of likely N-dealkylation sites (tertiary alicyclic amines) is 1. The zero-order chi connectivity index (χ0) is 13.1. The number of benzene rings is 1. The molecule has 1 aromatic rings.